The molecular weight excluding hydrogens is 250 g/mol. The molecule has 1 amide bonds. The van der Waals surface area contributed by atoms with Gasteiger partial charge in [0, 0.05) is 13.0 Å². The summed E-state index contributed by atoms with van der Waals surface area (Å²) in [6.07, 6.45) is 1.43. The minimum absolute atomic E-state index is 0.205. The molecule has 20 heavy (non-hydrogen) atoms. The van der Waals surface area contributed by atoms with Crippen LogP contribution < -0.4 is 0 Å². The molecule has 2 rings (SSSR count). The van der Waals surface area contributed by atoms with Crippen LogP contribution in [0.4, 0.5) is 0 Å². The molecule has 1 aromatic rings. The third-order valence-electron chi connectivity index (χ3n) is 4.12. The van der Waals surface area contributed by atoms with Crippen molar-refractivity contribution in [3.05, 3.63) is 34.4 Å². The number of hydrogen-bond donors (Lipinski definition) is 0. The summed E-state index contributed by atoms with van der Waals surface area (Å²) in [5.41, 5.74) is 5.21. The maximum Gasteiger partial charge on any atom is 0.223 e. The van der Waals surface area contributed by atoms with Crippen molar-refractivity contribution in [1.82, 2.24) is 4.90 Å². The van der Waals surface area contributed by atoms with Gasteiger partial charge in [0.05, 0.1) is 19.3 Å². The number of benzene rings is 1. The topological polar surface area (TPSA) is 29.5 Å². The largest absolute Gasteiger partial charge is 0.377 e. The first-order valence-electron chi connectivity index (χ1n) is 7.43. The van der Waals surface area contributed by atoms with E-state index in [-0.39, 0.29) is 11.9 Å². The molecule has 3 heteroatoms. The Labute approximate surface area is 121 Å². The lowest BCUT2D eigenvalue weighted by Crippen LogP contribution is -2.47. The minimum Gasteiger partial charge on any atom is -0.377 e. The maximum atomic E-state index is 12.3. The van der Waals surface area contributed by atoms with Crippen molar-refractivity contribution in [2.24, 2.45) is 0 Å². The van der Waals surface area contributed by atoms with Gasteiger partial charge >= 0.3 is 0 Å². The lowest BCUT2D eigenvalue weighted by Gasteiger charge is -2.33. The van der Waals surface area contributed by atoms with E-state index in [0.717, 1.165) is 13.0 Å². The van der Waals surface area contributed by atoms with Crippen molar-refractivity contribution in [2.45, 2.75) is 46.6 Å². The van der Waals surface area contributed by atoms with Crippen LogP contribution in [0.25, 0.3) is 0 Å². The predicted molar refractivity (Wildman–Crippen MR) is 81.0 cm³/mol. The molecule has 0 saturated carbocycles. The fraction of sp³-hybridized carbons (Fsp3) is 0.588. The molecule has 1 fully saturated rings. The Bertz CT molecular complexity index is 473. The van der Waals surface area contributed by atoms with Crippen LogP contribution in [0.5, 0.6) is 0 Å². The summed E-state index contributed by atoms with van der Waals surface area (Å²) >= 11 is 0. The summed E-state index contributed by atoms with van der Waals surface area (Å²) in [5.74, 6) is 0.250. The molecule has 1 atom stereocenters. The molecule has 3 nitrogen and oxygen atoms in total. The Morgan fingerprint density at radius 3 is 2.55 bits per heavy atom. The minimum atomic E-state index is 0.205. The second-order valence-electron chi connectivity index (χ2n) is 5.89. The summed E-state index contributed by atoms with van der Waals surface area (Å²) in [5, 5.41) is 0. The zero-order chi connectivity index (χ0) is 14.7. The molecule has 0 N–H and O–H groups in total. The lowest BCUT2D eigenvalue weighted by molar-refractivity contribution is -0.139. The van der Waals surface area contributed by atoms with Gasteiger partial charge in [0.25, 0.3) is 0 Å². The smallest absolute Gasteiger partial charge is 0.223 e. The summed E-state index contributed by atoms with van der Waals surface area (Å²) in [6.45, 7) is 10.5. The van der Waals surface area contributed by atoms with Crippen molar-refractivity contribution in [3.8, 4) is 0 Å². The van der Waals surface area contributed by atoms with Crippen LogP contribution in [0, 0.1) is 20.8 Å². The van der Waals surface area contributed by atoms with Gasteiger partial charge in [-0.05, 0) is 50.8 Å². The van der Waals surface area contributed by atoms with Crippen molar-refractivity contribution in [3.63, 3.8) is 0 Å². The van der Waals surface area contributed by atoms with E-state index in [1.807, 2.05) is 4.90 Å². The Hall–Kier alpha value is -1.35. The zero-order valence-corrected chi connectivity index (χ0v) is 13.0. The van der Waals surface area contributed by atoms with Crippen LogP contribution in [-0.2, 0) is 16.0 Å². The number of rotatable bonds is 3. The first kappa shape index (κ1) is 15.0. The highest BCUT2D eigenvalue weighted by atomic mass is 16.5. The molecule has 1 saturated heterocycles. The van der Waals surface area contributed by atoms with E-state index in [4.69, 9.17) is 4.74 Å². The number of ether oxygens (including phenoxy) is 1. The van der Waals surface area contributed by atoms with E-state index in [0.29, 0.717) is 19.6 Å². The molecule has 1 unspecified atom stereocenters. The van der Waals surface area contributed by atoms with Crippen LogP contribution in [0.3, 0.4) is 0 Å². The third kappa shape index (κ3) is 3.40. The third-order valence-corrected chi connectivity index (χ3v) is 4.12. The van der Waals surface area contributed by atoms with Crippen LogP contribution >= 0.6 is 0 Å². The summed E-state index contributed by atoms with van der Waals surface area (Å²) < 4.78 is 5.38. The van der Waals surface area contributed by atoms with E-state index in [9.17, 15) is 4.79 Å². The number of aryl methyl sites for hydroxylation is 3. The van der Waals surface area contributed by atoms with E-state index in [2.05, 4.69) is 39.8 Å². The Morgan fingerprint density at radius 1 is 1.30 bits per heavy atom. The molecule has 0 spiro atoms. The van der Waals surface area contributed by atoms with Gasteiger partial charge in [0.15, 0.2) is 0 Å². The van der Waals surface area contributed by atoms with Gasteiger partial charge in [0.1, 0.15) is 0 Å². The van der Waals surface area contributed by atoms with E-state index < -0.39 is 0 Å². The Kier molecular flexibility index (Phi) is 4.81. The molecule has 1 aliphatic heterocycles. The van der Waals surface area contributed by atoms with Gasteiger partial charge in [-0.3, -0.25) is 4.79 Å². The number of nitrogens with zero attached hydrogens (tertiary/aromatic N) is 1. The number of hydrogen-bond acceptors (Lipinski definition) is 2. The lowest BCUT2D eigenvalue weighted by atomic mass is 9.96. The van der Waals surface area contributed by atoms with E-state index in [1.165, 1.54) is 22.3 Å². The zero-order valence-electron chi connectivity index (χ0n) is 13.0. The number of amides is 1. The summed E-state index contributed by atoms with van der Waals surface area (Å²) in [4.78, 5) is 14.3. The molecular formula is C17H25NO2. The summed E-state index contributed by atoms with van der Waals surface area (Å²) in [7, 11) is 0. The van der Waals surface area contributed by atoms with Crippen molar-refractivity contribution >= 4 is 5.91 Å². The number of carbonyl (C=O) groups is 1. The van der Waals surface area contributed by atoms with Crippen molar-refractivity contribution in [1.29, 1.82) is 0 Å². The van der Waals surface area contributed by atoms with E-state index in [1.54, 1.807) is 0 Å². The maximum absolute atomic E-state index is 12.3. The van der Waals surface area contributed by atoms with Crippen LogP contribution in [0.1, 0.15) is 35.6 Å². The standard InChI is InChI=1S/C17H25NO2/c1-12-9-13(2)16(14(3)10-12)5-6-17(19)18-7-8-20-11-15(18)4/h9-10,15H,5-8,11H2,1-4H3. The number of carbonyl (C=O) groups excluding carboxylic acids is 1. The molecule has 0 bridgehead atoms. The Morgan fingerprint density at radius 2 is 1.95 bits per heavy atom. The first-order valence-corrected chi connectivity index (χ1v) is 7.43. The normalized spacial score (nSPS) is 19.2. The SMILES string of the molecule is Cc1cc(C)c(CCC(=O)N2CCOCC2C)c(C)c1. The van der Waals surface area contributed by atoms with Gasteiger partial charge in [0.2, 0.25) is 5.91 Å². The average Bonchev–Trinajstić information content (AvgIpc) is 2.37. The van der Waals surface area contributed by atoms with Gasteiger partial charge in [-0.2, -0.15) is 0 Å². The quantitative estimate of drug-likeness (QED) is 0.849. The van der Waals surface area contributed by atoms with Crippen LogP contribution in [0.15, 0.2) is 12.1 Å². The number of morpholine rings is 1. The molecule has 110 valence electrons. The second kappa shape index (κ2) is 6.40. The van der Waals surface area contributed by atoms with Crippen molar-refractivity contribution < 1.29 is 9.53 Å². The molecule has 0 radical (unpaired) electrons. The highest BCUT2D eigenvalue weighted by molar-refractivity contribution is 5.77. The highest BCUT2D eigenvalue weighted by Gasteiger charge is 2.23. The van der Waals surface area contributed by atoms with Gasteiger partial charge in [-0.25, -0.2) is 0 Å². The molecule has 0 aromatic heterocycles. The van der Waals surface area contributed by atoms with Gasteiger partial charge in [-0.15, -0.1) is 0 Å². The van der Waals surface area contributed by atoms with Crippen LogP contribution in [-0.4, -0.2) is 36.6 Å². The molecule has 1 heterocycles. The van der Waals surface area contributed by atoms with Crippen LogP contribution in [0.2, 0.25) is 0 Å². The van der Waals surface area contributed by atoms with Gasteiger partial charge < -0.3 is 9.64 Å². The molecule has 1 aliphatic rings. The Balaban J connectivity index is 2.00. The fourth-order valence-corrected chi connectivity index (χ4v) is 3.08. The van der Waals surface area contributed by atoms with Crippen molar-refractivity contribution in [2.75, 3.05) is 19.8 Å². The monoisotopic (exact) mass is 275 g/mol. The average molecular weight is 275 g/mol. The second-order valence-corrected chi connectivity index (χ2v) is 5.89. The molecule has 1 aromatic carbocycles. The predicted octanol–water partition coefficient (Wildman–Crippen LogP) is 2.79. The van der Waals surface area contributed by atoms with E-state index >= 15 is 0 Å². The fourth-order valence-electron chi connectivity index (χ4n) is 3.08. The highest BCUT2D eigenvalue weighted by Crippen LogP contribution is 2.19. The first-order chi connectivity index (χ1) is 9.49. The summed E-state index contributed by atoms with van der Waals surface area (Å²) in [6, 6.07) is 4.60. The van der Waals surface area contributed by atoms with Gasteiger partial charge in [-0.1, -0.05) is 17.7 Å². The molecule has 0 aliphatic carbocycles.